The number of nitrogens with zero attached hydrogens (tertiary/aromatic N) is 1. The number of piperidine rings is 1. The van der Waals surface area contributed by atoms with Gasteiger partial charge in [-0.05, 0) is 38.3 Å². The molecule has 1 aliphatic rings. The van der Waals surface area contributed by atoms with Crippen LogP contribution in [0.2, 0.25) is 0 Å². The minimum atomic E-state index is -4.54. The van der Waals surface area contributed by atoms with Crippen LogP contribution in [0.5, 0.6) is 0 Å². The smallest absolute Gasteiger partial charge is 0.317 e. The quantitative estimate of drug-likeness (QED) is 0.739. The fourth-order valence-electron chi connectivity index (χ4n) is 2.18. The van der Waals surface area contributed by atoms with Crippen molar-refractivity contribution >= 4 is 10.2 Å². The van der Waals surface area contributed by atoms with Crippen molar-refractivity contribution in [2.45, 2.75) is 32.4 Å². The molecular formula is C11H22F3N3O2S. The van der Waals surface area contributed by atoms with E-state index in [0.717, 1.165) is 30.2 Å². The fourth-order valence-corrected chi connectivity index (χ4v) is 3.53. The van der Waals surface area contributed by atoms with E-state index in [9.17, 15) is 21.6 Å². The first-order valence-electron chi connectivity index (χ1n) is 6.77. The van der Waals surface area contributed by atoms with Gasteiger partial charge >= 0.3 is 6.18 Å². The van der Waals surface area contributed by atoms with E-state index < -0.39 is 22.9 Å². The Hall–Kier alpha value is -0.380. The van der Waals surface area contributed by atoms with Gasteiger partial charge in [-0.15, -0.1) is 0 Å². The SMILES string of the molecule is CCCN(CC1CCNCC1)S(=O)(=O)NCC(F)(F)F. The lowest BCUT2D eigenvalue weighted by atomic mass is 9.98. The molecule has 1 heterocycles. The van der Waals surface area contributed by atoms with E-state index in [1.165, 1.54) is 0 Å². The highest BCUT2D eigenvalue weighted by Gasteiger charge is 2.32. The largest absolute Gasteiger partial charge is 0.402 e. The summed E-state index contributed by atoms with van der Waals surface area (Å²) in [6, 6.07) is 0. The molecule has 0 aromatic heterocycles. The molecule has 9 heteroatoms. The maximum absolute atomic E-state index is 12.1. The lowest BCUT2D eigenvalue weighted by molar-refractivity contribution is -0.121. The minimum Gasteiger partial charge on any atom is -0.317 e. The monoisotopic (exact) mass is 317 g/mol. The second-order valence-electron chi connectivity index (χ2n) is 4.99. The highest BCUT2D eigenvalue weighted by molar-refractivity contribution is 7.87. The number of alkyl halides is 3. The van der Waals surface area contributed by atoms with Gasteiger partial charge in [0.25, 0.3) is 10.2 Å². The summed E-state index contributed by atoms with van der Waals surface area (Å²) in [5.41, 5.74) is 0. The van der Waals surface area contributed by atoms with Gasteiger partial charge in [-0.2, -0.15) is 30.6 Å². The summed E-state index contributed by atoms with van der Waals surface area (Å²) in [5.74, 6) is 0.199. The molecule has 0 bridgehead atoms. The van der Waals surface area contributed by atoms with Crippen LogP contribution in [0.4, 0.5) is 13.2 Å². The van der Waals surface area contributed by atoms with E-state index in [1.54, 1.807) is 11.6 Å². The molecular weight excluding hydrogens is 295 g/mol. The van der Waals surface area contributed by atoms with Crippen LogP contribution in [0.3, 0.4) is 0 Å². The molecule has 0 aromatic carbocycles. The van der Waals surface area contributed by atoms with Crippen LogP contribution in [0.25, 0.3) is 0 Å². The highest BCUT2D eigenvalue weighted by Crippen LogP contribution is 2.17. The molecule has 120 valence electrons. The van der Waals surface area contributed by atoms with Crippen molar-refractivity contribution in [3.63, 3.8) is 0 Å². The summed E-state index contributed by atoms with van der Waals surface area (Å²) in [5, 5.41) is 3.17. The Morgan fingerprint density at radius 1 is 1.30 bits per heavy atom. The normalized spacial score (nSPS) is 18.6. The first-order chi connectivity index (χ1) is 9.24. The predicted molar refractivity (Wildman–Crippen MR) is 70.4 cm³/mol. The lowest BCUT2D eigenvalue weighted by Crippen LogP contribution is -2.47. The molecule has 0 aromatic rings. The lowest BCUT2D eigenvalue weighted by Gasteiger charge is -2.29. The molecule has 5 nitrogen and oxygen atoms in total. The van der Waals surface area contributed by atoms with Gasteiger partial charge in [0, 0.05) is 13.1 Å². The van der Waals surface area contributed by atoms with Crippen LogP contribution in [0.1, 0.15) is 26.2 Å². The second kappa shape index (κ2) is 7.58. The van der Waals surface area contributed by atoms with Gasteiger partial charge in [0.1, 0.15) is 6.54 Å². The second-order valence-corrected chi connectivity index (χ2v) is 6.75. The van der Waals surface area contributed by atoms with E-state index in [0.29, 0.717) is 6.42 Å². The molecule has 1 rings (SSSR count). The first kappa shape index (κ1) is 17.7. The molecule has 0 unspecified atom stereocenters. The van der Waals surface area contributed by atoms with Crippen molar-refractivity contribution in [2.24, 2.45) is 5.92 Å². The van der Waals surface area contributed by atoms with Crippen LogP contribution >= 0.6 is 0 Å². The zero-order valence-corrected chi connectivity index (χ0v) is 12.4. The molecule has 0 amide bonds. The van der Waals surface area contributed by atoms with Crippen molar-refractivity contribution in [1.82, 2.24) is 14.3 Å². The summed E-state index contributed by atoms with van der Waals surface area (Å²) in [6.45, 7) is 2.43. The summed E-state index contributed by atoms with van der Waals surface area (Å²) in [6.07, 6.45) is -2.29. The van der Waals surface area contributed by atoms with E-state index in [2.05, 4.69) is 5.32 Å². The van der Waals surface area contributed by atoms with E-state index in [-0.39, 0.29) is 19.0 Å². The molecule has 20 heavy (non-hydrogen) atoms. The van der Waals surface area contributed by atoms with Crippen molar-refractivity contribution < 1.29 is 21.6 Å². The van der Waals surface area contributed by atoms with Gasteiger partial charge < -0.3 is 5.32 Å². The van der Waals surface area contributed by atoms with Gasteiger partial charge in [-0.25, -0.2) is 0 Å². The van der Waals surface area contributed by atoms with E-state index in [1.807, 2.05) is 0 Å². The number of rotatable bonds is 7. The summed E-state index contributed by atoms with van der Waals surface area (Å²) in [7, 11) is -4.07. The van der Waals surface area contributed by atoms with Crippen molar-refractivity contribution in [1.29, 1.82) is 0 Å². The Bertz CT molecular complexity index is 381. The molecule has 0 radical (unpaired) electrons. The zero-order chi connectivity index (χ0) is 15.2. The van der Waals surface area contributed by atoms with E-state index >= 15 is 0 Å². The fraction of sp³-hybridized carbons (Fsp3) is 1.00. The molecule has 1 saturated heterocycles. The van der Waals surface area contributed by atoms with E-state index in [4.69, 9.17) is 0 Å². The van der Waals surface area contributed by atoms with Crippen LogP contribution in [0.15, 0.2) is 0 Å². The molecule has 0 saturated carbocycles. The van der Waals surface area contributed by atoms with Crippen LogP contribution in [-0.2, 0) is 10.2 Å². The predicted octanol–water partition coefficient (Wildman–Crippen LogP) is 1.09. The van der Waals surface area contributed by atoms with Crippen LogP contribution in [0, 0.1) is 5.92 Å². The third-order valence-electron chi connectivity index (χ3n) is 3.19. The van der Waals surface area contributed by atoms with Gasteiger partial charge in [-0.1, -0.05) is 6.92 Å². The first-order valence-corrected chi connectivity index (χ1v) is 8.21. The van der Waals surface area contributed by atoms with Gasteiger partial charge in [-0.3, -0.25) is 0 Å². The number of hydrogen-bond donors (Lipinski definition) is 2. The average Bonchev–Trinajstić information content (AvgIpc) is 2.37. The number of nitrogens with one attached hydrogen (secondary N) is 2. The molecule has 0 aliphatic carbocycles. The Morgan fingerprint density at radius 2 is 1.90 bits per heavy atom. The summed E-state index contributed by atoms with van der Waals surface area (Å²) < 4.78 is 63.1. The third-order valence-corrected chi connectivity index (χ3v) is 4.71. The van der Waals surface area contributed by atoms with Crippen LogP contribution < -0.4 is 10.0 Å². The van der Waals surface area contributed by atoms with Gasteiger partial charge in [0.05, 0.1) is 0 Å². The third kappa shape index (κ3) is 6.38. The minimum absolute atomic E-state index is 0.199. The summed E-state index contributed by atoms with van der Waals surface area (Å²) >= 11 is 0. The maximum atomic E-state index is 12.1. The van der Waals surface area contributed by atoms with Crippen molar-refractivity contribution in [2.75, 3.05) is 32.7 Å². The van der Waals surface area contributed by atoms with Crippen molar-refractivity contribution in [3.8, 4) is 0 Å². The van der Waals surface area contributed by atoms with Crippen LogP contribution in [-0.4, -0.2) is 51.6 Å². The van der Waals surface area contributed by atoms with Crippen molar-refractivity contribution in [3.05, 3.63) is 0 Å². The highest BCUT2D eigenvalue weighted by atomic mass is 32.2. The molecule has 1 aliphatic heterocycles. The Balaban J connectivity index is 2.62. The number of halogens is 3. The Morgan fingerprint density at radius 3 is 2.40 bits per heavy atom. The Kier molecular flexibility index (Phi) is 6.70. The molecule has 1 fully saturated rings. The topological polar surface area (TPSA) is 61.4 Å². The standard InChI is InChI=1S/C11H22F3N3O2S/c1-2-7-17(8-10-3-5-15-6-4-10)20(18,19)16-9-11(12,13)14/h10,15-16H,2-9H2,1H3. The molecule has 2 N–H and O–H groups in total. The zero-order valence-electron chi connectivity index (χ0n) is 11.5. The average molecular weight is 317 g/mol. The molecule has 0 atom stereocenters. The Labute approximate surface area is 118 Å². The molecule has 0 spiro atoms. The van der Waals surface area contributed by atoms with Gasteiger partial charge in [0.15, 0.2) is 0 Å². The maximum Gasteiger partial charge on any atom is 0.402 e. The number of hydrogen-bond acceptors (Lipinski definition) is 3. The summed E-state index contributed by atoms with van der Waals surface area (Å²) in [4.78, 5) is 0. The van der Waals surface area contributed by atoms with Gasteiger partial charge in [0.2, 0.25) is 0 Å².